The maximum atomic E-state index is 12.1. The molecule has 0 aliphatic heterocycles. The van der Waals surface area contributed by atoms with E-state index >= 15 is 0 Å². The summed E-state index contributed by atoms with van der Waals surface area (Å²) < 4.78 is 32.0. The zero-order valence-corrected chi connectivity index (χ0v) is 12.6. The molecule has 0 aromatic heterocycles. The predicted molar refractivity (Wildman–Crippen MR) is 72.6 cm³/mol. The Kier molecular flexibility index (Phi) is 8.90. The molecule has 19 heavy (non-hydrogen) atoms. The van der Waals surface area contributed by atoms with Gasteiger partial charge in [-0.3, -0.25) is 4.79 Å². The average Bonchev–Trinajstić information content (AvgIpc) is 2.34. The van der Waals surface area contributed by atoms with E-state index in [1.54, 1.807) is 14.2 Å². The summed E-state index contributed by atoms with van der Waals surface area (Å²) in [5.74, 6) is -0.375. The molecule has 0 bridgehead atoms. The molecule has 114 valence electrons. The van der Waals surface area contributed by atoms with Crippen molar-refractivity contribution in [3.8, 4) is 0 Å². The fraction of sp³-hybridized carbons (Fsp3) is 0.909. The van der Waals surface area contributed by atoms with Crippen LogP contribution in [-0.2, 0) is 24.1 Å². The smallest absolute Gasteiger partial charge is 0.239 e. The van der Waals surface area contributed by atoms with Crippen LogP contribution in [0.3, 0.4) is 0 Å². The largest absolute Gasteiger partial charge is 0.383 e. The van der Waals surface area contributed by atoms with E-state index in [4.69, 9.17) is 15.2 Å². The highest BCUT2D eigenvalue weighted by atomic mass is 32.2. The minimum absolute atomic E-state index is 0.0949. The Morgan fingerprint density at radius 2 is 1.68 bits per heavy atom. The maximum Gasteiger partial charge on any atom is 0.239 e. The lowest BCUT2D eigenvalue weighted by Crippen LogP contribution is -2.47. The first kappa shape index (κ1) is 18.3. The Hall–Kier alpha value is -0.700. The average molecular weight is 296 g/mol. The number of amides is 1. The minimum Gasteiger partial charge on any atom is -0.383 e. The van der Waals surface area contributed by atoms with Gasteiger partial charge in [-0.1, -0.05) is 0 Å². The van der Waals surface area contributed by atoms with E-state index in [1.165, 1.54) is 4.90 Å². The molecule has 0 aromatic rings. The highest BCUT2D eigenvalue weighted by molar-refractivity contribution is 7.90. The molecule has 8 heteroatoms. The molecule has 1 amide bonds. The van der Waals surface area contributed by atoms with E-state index < -0.39 is 15.9 Å². The van der Waals surface area contributed by atoms with Gasteiger partial charge in [-0.2, -0.15) is 0 Å². The van der Waals surface area contributed by atoms with Gasteiger partial charge in [0.15, 0.2) is 0 Å². The summed E-state index contributed by atoms with van der Waals surface area (Å²) in [5.41, 5.74) is 5.73. The molecule has 0 radical (unpaired) electrons. The number of nitrogens with two attached hydrogens (primary N) is 1. The summed E-state index contributed by atoms with van der Waals surface area (Å²) >= 11 is 0. The van der Waals surface area contributed by atoms with Gasteiger partial charge in [0.1, 0.15) is 9.84 Å². The van der Waals surface area contributed by atoms with E-state index in [0.717, 1.165) is 6.26 Å². The van der Waals surface area contributed by atoms with Gasteiger partial charge in [-0.05, 0) is 6.42 Å². The number of carbonyl (C=O) groups is 1. The van der Waals surface area contributed by atoms with Crippen LogP contribution >= 0.6 is 0 Å². The minimum atomic E-state index is -3.11. The summed E-state index contributed by atoms with van der Waals surface area (Å²) in [7, 11) is -0.0240. The van der Waals surface area contributed by atoms with Gasteiger partial charge >= 0.3 is 0 Å². The number of carbonyl (C=O) groups excluding carboxylic acids is 1. The molecule has 0 rings (SSSR count). The molecule has 7 nitrogen and oxygen atoms in total. The van der Waals surface area contributed by atoms with Crippen LogP contribution in [-0.4, -0.2) is 77.8 Å². The SMILES string of the molecule is COCCN(CCOC)C(=O)C(N)CCS(C)(=O)=O. The van der Waals surface area contributed by atoms with Gasteiger partial charge in [0.25, 0.3) is 0 Å². The number of sulfone groups is 1. The van der Waals surface area contributed by atoms with Crippen molar-refractivity contribution in [2.75, 3.05) is 52.5 Å². The quantitative estimate of drug-likeness (QED) is 0.548. The molecule has 2 N–H and O–H groups in total. The molecule has 0 saturated carbocycles. The number of hydrogen-bond acceptors (Lipinski definition) is 6. The third-order valence-corrected chi connectivity index (χ3v) is 3.54. The first-order valence-corrected chi connectivity index (χ1v) is 8.08. The number of ether oxygens (including phenoxy) is 2. The Balaban J connectivity index is 4.41. The van der Waals surface area contributed by atoms with Gasteiger partial charge in [-0.25, -0.2) is 8.42 Å². The van der Waals surface area contributed by atoms with Crippen LogP contribution in [0, 0.1) is 0 Å². The van der Waals surface area contributed by atoms with E-state index in [9.17, 15) is 13.2 Å². The van der Waals surface area contributed by atoms with Crippen LogP contribution < -0.4 is 5.73 Å². The van der Waals surface area contributed by atoms with Crippen LogP contribution in [0.15, 0.2) is 0 Å². The van der Waals surface area contributed by atoms with Gasteiger partial charge in [0, 0.05) is 33.6 Å². The standard InChI is InChI=1S/C11H24N2O5S/c1-17-7-5-13(6-8-18-2)11(14)10(12)4-9-19(3,15)16/h10H,4-9,12H2,1-3H3. The van der Waals surface area contributed by atoms with Crippen molar-refractivity contribution >= 4 is 15.7 Å². The van der Waals surface area contributed by atoms with Crippen molar-refractivity contribution in [2.45, 2.75) is 12.5 Å². The molecule has 0 fully saturated rings. The second kappa shape index (κ2) is 9.24. The lowest BCUT2D eigenvalue weighted by atomic mass is 10.2. The molecular weight excluding hydrogens is 272 g/mol. The monoisotopic (exact) mass is 296 g/mol. The highest BCUT2D eigenvalue weighted by Crippen LogP contribution is 2.00. The van der Waals surface area contributed by atoms with Crippen molar-refractivity contribution in [2.24, 2.45) is 5.73 Å². The Morgan fingerprint density at radius 3 is 2.05 bits per heavy atom. The molecular formula is C11H24N2O5S. The van der Waals surface area contributed by atoms with E-state index in [-0.39, 0.29) is 18.1 Å². The van der Waals surface area contributed by atoms with Crippen molar-refractivity contribution in [1.29, 1.82) is 0 Å². The number of methoxy groups -OCH3 is 2. The molecule has 0 spiro atoms. The summed E-state index contributed by atoms with van der Waals surface area (Å²) in [4.78, 5) is 13.6. The summed E-state index contributed by atoms with van der Waals surface area (Å²) in [6, 6.07) is -0.816. The third-order valence-electron chi connectivity index (χ3n) is 2.56. The van der Waals surface area contributed by atoms with Crippen molar-refractivity contribution in [3.63, 3.8) is 0 Å². The van der Waals surface area contributed by atoms with Crippen LogP contribution in [0.5, 0.6) is 0 Å². The van der Waals surface area contributed by atoms with Crippen LogP contribution in [0.25, 0.3) is 0 Å². The topological polar surface area (TPSA) is 98.9 Å². The third kappa shape index (κ3) is 8.93. The highest BCUT2D eigenvalue weighted by Gasteiger charge is 2.21. The molecule has 1 unspecified atom stereocenters. The molecule has 0 heterocycles. The lowest BCUT2D eigenvalue weighted by Gasteiger charge is -2.25. The van der Waals surface area contributed by atoms with Crippen molar-refractivity contribution in [1.82, 2.24) is 4.90 Å². The zero-order chi connectivity index (χ0) is 14.9. The summed E-state index contributed by atoms with van der Waals surface area (Å²) in [5, 5.41) is 0. The fourth-order valence-corrected chi connectivity index (χ4v) is 2.12. The molecule has 0 aliphatic carbocycles. The zero-order valence-electron chi connectivity index (χ0n) is 11.8. The van der Waals surface area contributed by atoms with Gasteiger partial charge in [-0.15, -0.1) is 0 Å². The van der Waals surface area contributed by atoms with E-state index in [2.05, 4.69) is 0 Å². The summed E-state index contributed by atoms with van der Waals surface area (Å²) in [6.45, 7) is 1.61. The van der Waals surface area contributed by atoms with Crippen LogP contribution in [0.4, 0.5) is 0 Å². The fourth-order valence-electron chi connectivity index (χ4n) is 1.43. The van der Waals surface area contributed by atoms with Gasteiger partial charge < -0.3 is 20.1 Å². The number of rotatable bonds is 10. The Labute approximate surface area is 115 Å². The van der Waals surface area contributed by atoms with Crippen molar-refractivity contribution in [3.05, 3.63) is 0 Å². The lowest BCUT2D eigenvalue weighted by molar-refractivity contribution is -0.133. The second-order valence-electron chi connectivity index (χ2n) is 4.34. The predicted octanol–water partition coefficient (Wildman–Crippen LogP) is -1.13. The van der Waals surface area contributed by atoms with Crippen molar-refractivity contribution < 1.29 is 22.7 Å². The van der Waals surface area contributed by atoms with Crippen LogP contribution in [0.1, 0.15) is 6.42 Å². The van der Waals surface area contributed by atoms with Crippen LogP contribution in [0.2, 0.25) is 0 Å². The Bertz CT molecular complexity index is 350. The number of hydrogen-bond donors (Lipinski definition) is 1. The maximum absolute atomic E-state index is 12.1. The number of nitrogens with zero attached hydrogens (tertiary/aromatic N) is 1. The molecule has 0 aliphatic rings. The summed E-state index contributed by atoms with van der Waals surface area (Å²) in [6.07, 6.45) is 1.24. The first-order valence-electron chi connectivity index (χ1n) is 6.01. The normalized spacial score (nSPS) is 13.3. The van der Waals surface area contributed by atoms with Gasteiger partial charge in [0.2, 0.25) is 5.91 Å². The second-order valence-corrected chi connectivity index (χ2v) is 6.60. The first-order chi connectivity index (χ1) is 8.81. The van der Waals surface area contributed by atoms with E-state index in [1.807, 2.05) is 0 Å². The molecule has 1 atom stereocenters. The molecule has 0 saturated heterocycles. The Morgan fingerprint density at radius 1 is 1.21 bits per heavy atom. The van der Waals surface area contributed by atoms with E-state index in [0.29, 0.717) is 26.3 Å². The molecule has 0 aromatic carbocycles. The van der Waals surface area contributed by atoms with Gasteiger partial charge in [0.05, 0.1) is 25.0 Å².